The van der Waals surface area contributed by atoms with E-state index in [4.69, 9.17) is 11.5 Å². The summed E-state index contributed by atoms with van der Waals surface area (Å²) in [5, 5.41) is 2.87. The van der Waals surface area contributed by atoms with Crippen LogP contribution in [0, 0.1) is 5.82 Å². The van der Waals surface area contributed by atoms with Gasteiger partial charge >= 0.3 is 6.18 Å². The summed E-state index contributed by atoms with van der Waals surface area (Å²) in [6.45, 7) is -0.0238. The molecule has 5 N–H and O–H groups in total. The number of aromatic nitrogens is 2. The predicted octanol–water partition coefficient (Wildman–Crippen LogP) is 3.03. The molecule has 0 spiro atoms. The molecular weight excluding hydrogens is 338 g/mol. The molecule has 1 saturated carbocycles. The topological polar surface area (TPSA) is 89.8 Å². The molecule has 134 valence electrons. The molecule has 25 heavy (non-hydrogen) atoms. The lowest BCUT2D eigenvalue weighted by atomic mass is 9.78. The number of nitrogens with two attached hydrogens (primary N) is 2. The van der Waals surface area contributed by atoms with Crippen molar-refractivity contribution in [1.82, 2.24) is 9.97 Å². The Morgan fingerprint density at radius 3 is 2.48 bits per heavy atom. The number of hydrogen-bond acceptors (Lipinski definition) is 5. The molecule has 0 bridgehead atoms. The molecule has 1 aliphatic carbocycles. The zero-order chi connectivity index (χ0) is 18.2. The van der Waals surface area contributed by atoms with Gasteiger partial charge in [-0.3, -0.25) is 0 Å². The number of nitrogens with zero attached hydrogens (tertiary/aromatic N) is 2. The van der Waals surface area contributed by atoms with E-state index in [1.807, 2.05) is 0 Å². The van der Waals surface area contributed by atoms with Gasteiger partial charge in [-0.2, -0.15) is 18.2 Å². The van der Waals surface area contributed by atoms with E-state index < -0.39 is 17.6 Å². The van der Waals surface area contributed by atoms with Crippen molar-refractivity contribution in [3.8, 4) is 0 Å². The molecule has 3 rings (SSSR count). The van der Waals surface area contributed by atoms with Gasteiger partial charge in [0, 0.05) is 30.1 Å². The number of rotatable bonds is 4. The standard InChI is InChI=1S/C16H17F4N5/c17-12-5-10(16(18,19)20)2-1-8(12)7-23-14-6-13(24-15(22)25-14)9-3-11(21)4-9/h1-2,5-6,9,11H,3-4,7,21H2,(H3,22,23,24,25). The van der Waals surface area contributed by atoms with Crippen LogP contribution in [-0.4, -0.2) is 16.0 Å². The van der Waals surface area contributed by atoms with Crippen LogP contribution in [0.2, 0.25) is 0 Å². The number of nitrogens with one attached hydrogen (secondary N) is 1. The van der Waals surface area contributed by atoms with Crippen LogP contribution < -0.4 is 16.8 Å². The summed E-state index contributed by atoms with van der Waals surface area (Å²) in [6, 6.07) is 4.28. The Labute approximate surface area is 141 Å². The van der Waals surface area contributed by atoms with Crippen molar-refractivity contribution >= 4 is 11.8 Å². The lowest BCUT2D eigenvalue weighted by Gasteiger charge is -2.32. The average molecular weight is 355 g/mol. The molecule has 2 aromatic rings. The second-order valence-corrected chi connectivity index (χ2v) is 6.12. The van der Waals surface area contributed by atoms with Crippen molar-refractivity contribution in [2.75, 3.05) is 11.1 Å². The monoisotopic (exact) mass is 355 g/mol. The Kier molecular flexibility index (Phi) is 4.51. The first-order valence-electron chi connectivity index (χ1n) is 7.72. The maximum Gasteiger partial charge on any atom is 0.416 e. The van der Waals surface area contributed by atoms with E-state index in [9.17, 15) is 17.6 Å². The van der Waals surface area contributed by atoms with Gasteiger partial charge in [0.15, 0.2) is 0 Å². The van der Waals surface area contributed by atoms with Crippen LogP contribution in [0.15, 0.2) is 24.3 Å². The second-order valence-electron chi connectivity index (χ2n) is 6.12. The van der Waals surface area contributed by atoms with Gasteiger partial charge in [0.05, 0.1) is 11.3 Å². The third-order valence-electron chi connectivity index (χ3n) is 4.20. The minimum Gasteiger partial charge on any atom is -0.368 e. The summed E-state index contributed by atoms with van der Waals surface area (Å²) in [4.78, 5) is 8.19. The van der Waals surface area contributed by atoms with Gasteiger partial charge in [-0.1, -0.05) is 6.07 Å². The summed E-state index contributed by atoms with van der Waals surface area (Å²) in [7, 11) is 0. The highest BCUT2D eigenvalue weighted by atomic mass is 19.4. The first-order chi connectivity index (χ1) is 11.7. The van der Waals surface area contributed by atoms with E-state index in [0.29, 0.717) is 11.9 Å². The number of benzene rings is 1. The lowest BCUT2D eigenvalue weighted by molar-refractivity contribution is -0.137. The number of anilines is 2. The first kappa shape index (κ1) is 17.4. The number of hydrogen-bond donors (Lipinski definition) is 3. The molecule has 1 aromatic heterocycles. The van der Waals surface area contributed by atoms with Crippen molar-refractivity contribution in [3.63, 3.8) is 0 Å². The minimum atomic E-state index is -4.58. The molecule has 5 nitrogen and oxygen atoms in total. The SMILES string of the molecule is Nc1nc(NCc2ccc(C(F)(F)F)cc2F)cc(C2CC(N)C2)n1. The van der Waals surface area contributed by atoms with Crippen LogP contribution in [0.4, 0.5) is 29.3 Å². The van der Waals surface area contributed by atoms with E-state index in [0.717, 1.165) is 30.7 Å². The van der Waals surface area contributed by atoms with Gasteiger partial charge in [0.25, 0.3) is 0 Å². The van der Waals surface area contributed by atoms with Crippen molar-refractivity contribution in [2.24, 2.45) is 5.73 Å². The number of nitrogen functional groups attached to an aromatic ring is 1. The van der Waals surface area contributed by atoms with E-state index in [2.05, 4.69) is 15.3 Å². The molecule has 1 fully saturated rings. The fraction of sp³-hybridized carbons (Fsp3) is 0.375. The second kappa shape index (κ2) is 6.47. The highest BCUT2D eigenvalue weighted by Gasteiger charge is 2.31. The maximum atomic E-state index is 13.9. The molecule has 1 aliphatic rings. The molecule has 0 radical (unpaired) electrons. The molecule has 0 saturated heterocycles. The van der Waals surface area contributed by atoms with Crippen molar-refractivity contribution in [3.05, 3.63) is 46.9 Å². The van der Waals surface area contributed by atoms with Crippen LogP contribution in [0.25, 0.3) is 0 Å². The molecule has 0 aliphatic heterocycles. The normalized spacial score (nSPS) is 20.2. The fourth-order valence-corrected chi connectivity index (χ4v) is 2.74. The third kappa shape index (κ3) is 3.98. The number of halogens is 4. The predicted molar refractivity (Wildman–Crippen MR) is 85.1 cm³/mol. The van der Waals surface area contributed by atoms with Gasteiger partial charge in [-0.15, -0.1) is 0 Å². The summed E-state index contributed by atoms with van der Waals surface area (Å²) < 4.78 is 51.5. The van der Waals surface area contributed by atoms with E-state index >= 15 is 0 Å². The molecule has 1 heterocycles. The zero-order valence-electron chi connectivity index (χ0n) is 13.1. The Morgan fingerprint density at radius 2 is 1.88 bits per heavy atom. The van der Waals surface area contributed by atoms with Crippen molar-refractivity contribution in [2.45, 2.75) is 37.5 Å². The molecular formula is C16H17F4N5. The number of alkyl halides is 3. The largest absolute Gasteiger partial charge is 0.416 e. The third-order valence-corrected chi connectivity index (χ3v) is 4.20. The fourth-order valence-electron chi connectivity index (χ4n) is 2.74. The van der Waals surface area contributed by atoms with Crippen LogP contribution in [0.1, 0.15) is 35.6 Å². The van der Waals surface area contributed by atoms with Gasteiger partial charge < -0.3 is 16.8 Å². The lowest BCUT2D eigenvalue weighted by Crippen LogP contribution is -2.35. The van der Waals surface area contributed by atoms with Crippen molar-refractivity contribution < 1.29 is 17.6 Å². The Bertz CT molecular complexity index is 772. The van der Waals surface area contributed by atoms with Gasteiger partial charge in [-0.05, 0) is 25.0 Å². The average Bonchev–Trinajstić information content (AvgIpc) is 2.49. The molecule has 0 unspecified atom stereocenters. The molecule has 1 aromatic carbocycles. The summed E-state index contributed by atoms with van der Waals surface area (Å²) in [6.07, 6.45) is -2.96. The van der Waals surface area contributed by atoms with Crippen LogP contribution in [0.3, 0.4) is 0 Å². The van der Waals surface area contributed by atoms with Gasteiger partial charge in [-0.25, -0.2) is 9.37 Å². The first-order valence-corrected chi connectivity index (χ1v) is 7.72. The highest BCUT2D eigenvalue weighted by molar-refractivity contribution is 5.43. The maximum absolute atomic E-state index is 13.9. The van der Waals surface area contributed by atoms with Gasteiger partial charge in [0.1, 0.15) is 11.6 Å². The Balaban J connectivity index is 1.71. The van der Waals surface area contributed by atoms with E-state index in [-0.39, 0.29) is 30.0 Å². The van der Waals surface area contributed by atoms with Crippen LogP contribution >= 0.6 is 0 Å². The van der Waals surface area contributed by atoms with E-state index in [1.54, 1.807) is 6.07 Å². The summed E-state index contributed by atoms with van der Waals surface area (Å²) >= 11 is 0. The molecule has 0 amide bonds. The van der Waals surface area contributed by atoms with Gasteiger partial charge in [0.2, 0.25) is 5.95 Å². The summed E-state index contributed by atoms with van der Waals surface area (Å²) in [5.74, 6) is -0.256. The Hall–Kier alpha value is -2.42. The Morgan fingerprint density at radius 1 is 1.16 bits per heavy atom. The smallest absolute Gasteiger partial charge is 0.368 e. The van der Waals surface area contributed by atoms with Crippen molar-refractivity contribution in [1.29, 1.82) is 0 Å². The zero-order valence-corrected chi connectivity index (χ0v) is 13.1. The van der Waals surface area contributed by atoms with Crippen LogP contribution in [-0.2, 0) is 12.7 Å². The molecule has 9 heteroatoms. The quantitative estimate of drug-likeness (QED) is 0.734. The minimum absolute atomic E-state index is 0.0238. The van der Waals surface area contributed by atoms with Crippen LogP contribution in [0.5, 0.6) is 0 Å². The highest BCUT2D eigenvalue weighted by Crippen LogP contribution is 2.35. The molecule has 0 atom stereocenters. The van der Waals surface area contributed by atoms with E-state index in [1.165, 1.54) is 0 Å². The summed E-state index contributed by atoms with van der Waals surface area (Å²) in [5.41, 5.74) is 11.3.